The molecule has 7 rings (SSSR count). The molecule has 3 atom stereocenters. The molecule has 2 bridgehead atoms. The number of halogens is 1. The van der Waals surface area contributed by atoms with E-state index in [1.165, 1.54) is 17.7 Å². The van der Waals surface area contributed by atoms with Crippen LogP contribution in [0.4, 0.5) is 4.39 Å². The lowest BCUT2D eigenvalue weighted by Gasteiger charge is -2.38. The van der Waals surface area contributed by atoms with E-state index < -0.39 is 0 Å². The maximum absolute atomic E-state index is 14.0. The number of hydrogen-bond acceptors (Lipinski definition) is 4. The van der Waals surface area contributed by atoms with Crippen molar-refractivity contribution in [3.05, 3.63) is 76.1 Å². The number of piperazine rings is 1. The molecule has 1 aliphatic carbocycles. The molecule has 6 nitrogen and oxygen atoms in total. The fourth-order valence-corrected chi connectivity index (χ4v) is 7.94. The number of nitrogens with zero attached hydrogens (tertiary/aromatic N) is 3. The van der Waals surface area contributed by atoms with Gasteiger partial charge >= 0.3 is 0 Å². The van der Waals surface area contributed by atoms with Gasteiger partial charge in [-0.3, -0.25) is 14.5 Å². The minimum absolute atomic E-state index is 0.124. The fraction of sp³-hybridized carbons (Fsp3) is 0.529. The first-order valence-corrected chi connectivity index (χ1v) is 15.4. The van der Waals surface area contributed by atoms with Crippen LogP contribution in [0.25, 0.3) is 5.57 Å². The lowest BCUT2D eigenvalue weighted by molar-refractivity contribution is -0.129. The largest absolute Gasteiger partial charge is 0.333 e. The van der Waals surface area contributed by atoms with E-state index in [4.69, 9.17) is 0 Å². The Bertz CT molecular complexity index is 1390. The second-order valence-corrected chi connectivity index (χ2v) is 13.7. The molecule has 5 aliphatic rings. The second kappa shape index (κ2) is 10.4. The van der Waals surface area contributed by atoms with Crippen LogP contribution in [0.15, 0.2) is 48.0 Å². The molecule has 0 radical (unpaired) electrons. The summed E-state index contributed by atoms with van der Waals surface area (Å²) in [5, 5.41) is 3.44. The number of likely N-dealkylation sites (tertiary alicyclic amines) is 2. The van der Waals surface area contributed by atoms with Gasteiger partial charge in [0.1, 0.15) is 5.82 Å². The molecule has 1 unspecified atom stereocenters. The molecule has 0 spiro atoms. The highest BCUT2D eigenvalue weighted by Gasteiger charge is 2.46. The van der Waals surface area contributed by atoms with Crippen molar-refractivity contribution in [2.75, 3.05) is 26.2 Å². The van der Waals surface area contributed by atoms with Gasteiger partial charge in [-0.15, -0.1) is 0 Å². The minimum Gasteiger partial charge on any atom is -0.333 e. The fourth-order valence-electron chi connectivity index (χ4n) is 7.94. The van der Waals surface area contributed by atoms with Crippen molar-refractivity contribution < 1.29 is 14.0 Å². The SMILES string of the molecule is CC1(C)CCC(C(=O)N2C[C@H]3C[C@@H]2CN3Cc2ccc3c(c2)CN(C2CCCNC2)C3=O)=C(c2ccc(F)cc2)C1. The van der Waals surface area contributed by atoms with Crippen molar-refractivity contribution in [2.24, 2.45) is 5.41 Å². The van der Waals surface area contributed by atoms with E-state index in [0.717, 1.165) is 99.1 Å². The molecule has 7 heteroatoms. The molecule has 2 aromatic carbocycles. The van der Waals surface area contributed by atoms with Gasteiger partial charge in [-0.2, -0.15) is 0 Å². The van der Waals surface area contributed by atoms with E-state index in [2.05, 4.69) is 46.0 Å². The minimum atomic E-state index is -0.247. The van der Waals surface area contributed by atoms with E-state index in [9.17, 15) is 14.0 Å². The van der Waals surface area contributed by atoms with Crippen LogP contribution in [0.3, 0.4) is 0 Å². The van der Waals surface area contributed by atoms with Crippen molar-refractivity contribution in [1.29, 1.82) is 0 Å². The molecule has 3 saturated heterocycles. The molecule has 2 aromatic rings. The molecule has 216 valence electrons. The van der Waals surface area contributed by atoms with Gasteiger partial charge in [-0.1, -0.05) is 38.1 Å². The normalized spacial score (nSPS) is 27.6. The molecule has 4 heterocycles. The number of carbonyl (C=O) groups is 2. The summed E-state index contributed by atoms with van der Waals surface area (Å²) < 4.78 is 13.7. The predicted molar refractivity (Wildman–Crippen MR) is 157 cm³/mol. The molecule has 41 heavy (non-hydrogen) atoms. The Morgan fingerprint density at radius 3 is 2.63 bits per heavy atom. The van der Waals surface area contributed by atoms with Crippen molar-refractivity contribution in [3.63, 3.8) is 0 Å². The quantitative estimate of drug-likeness (QED) is 0.565. The van der Waals surface area contributed by atoms with Crippen molar-refractivity contribution in [3.8, 4) is 0 Å². The summed E-state index contributed by atoms with van der Waals surface area (Å²) in [6.45, 7) is 9.66. The Morgan fingerprint density at radius 1 is 1.07 bits per heavy atom. The van der Waals surface area contributed by atoms with Crippen molar-refractivity contribution >= 4 is 17.4 Å². The Morgan fingerprint density at radius 2 is 1.90 bits per heavy atom. The van der Waals surface area contributed by atoms with Crippen LogP contribution in [0.1, 0.15) is 79.4 Å². The highest BCUT2D eigenvalue weighted by Crippen LogP contribution is 2.44. The van der Waals surface area contributed by atoms with Gasteiger partial charge in [0.15, 0.2) is 0 Å². The Labute approximate surface area is 242 Å². The Balaban J connectivity index is 1.03. The predicted octanol–water partition coefficient (Wildman–Crippen LogP) is 4.98. The standard InChI is InChI=1S/C34H41FN4O2/c1-34(2)12-11-30(31(16-34)23-6-8-25(35)9-7-23)33(41)39-21-27-15-28(39)20-37(27)18-22-5-10-29-24(14-22)19-38(32(29)40)26-4-3-13-36-17-26/h5-10,14,26-28,36H,3-4,11-13,15-21H2,1-2H3/t26?,27-,28-/m1/s1. The Kier molecular flexibility index (Phi) is 6.78. The second-order valence-electron chi connectivity index (χ2n) is 13.7. The number of carbonyl (C=O) groups excluding carboxylic acids is 2. The molecule has 0 saturated carbocycles. The van der Waals surface area contributed by atoms with Crippen molar-refractivity contribution in [2.45, 2.75) is 83.6 Å². The zero-order valence-electron chi connectivity index (χ0n) is 24.3. The van der Waals surface area contributed by atoms with Gasteiger partial charge in [0, 0.05) is 62.0 Å². The first-order chi connectivity index (χ1) is 19.8. The summed E-state index contributed by atoms with van der Waals surface area (Å²) >= 11 is 0. The smallest absolute Gasteiger partial charge is 0.254 e. The van der Waals surface area contributed by atoms with Crippen molar-refractivity contribution in [1.82, 2.24) is 20.0 Å². The van der Waals surface area contributed by atoms with Crippen LogP contribution >= 0.6 is 0 Å². The number of benzene rings is 2. The van der Waals surface area contributed by atoms with Gasteiger partial charge in [0.25, 0.3) is 5.91 Å². The molecular weight excluding hydrogens is 515 g/mol. The third-order valence-electron chi connectivity index (χ3n) is 10.2. The van der Waals surface area contributed by atoms with Crippen LogP contribution in [0, 0.1) is 11.2 Å². The van der Waals surface area contributed by atoms with E-state index in [-0.39, 0.29) is 29.1 Å². The number of piperidine rings is 1. The van der Waals surface area contributed by atoms with Crippen LogP contribution in [0.2, 0.25) is 0 Å². The van der Waals surface area contributed by atoms with E-state index in [1.54, 1.807) is 0 Å². The highest BCUT2D eigenvalue weighted by molar-refractivity contribution is 6.02. The number of amides is 2. The number of allylic oxidation sites excluding steroid dienone is 1. The first kappa shape index (κ1) is 26.8. The van der Waals surface area contributed by atoms with Crippen LogP contribution < -0.4 is 5.32 Å². The zero-order valence-corrected chi connectivity index (χ0v) is 24.3. The average molecular weight is 557 g/mol. The summed E-state index contributed by atoms with van der Waals surface area (Å²) in [6.07, 6.45) is 5.81. The van der Waals surface area contributed by atoms with Gasteiger partial charge in [0.05, 0.1) is 0 Å². The number of rotatable bonds is 5. The van der Waals surface area contributed by atoms with Crippen LogP contribution in [-0.2, 0) is 17.9 Å². The Hall–Kier alpha value is -3.03. The molecule has 3 fully saturated rings. The lowest BCUT2D eigenvalue weighted by Crippen LogP contribution is -2.49. The van der Waals surface area contributed by atoms with Crippen LogP contribution in [0.5, 0.6) is 0 Å². The number of fused-ring (bicyclic) bond motifs is 3. The third kappa shape index (κ3) is 5.01. The molecular formula is C34H41FN4O2. The molecule has 4 aliphatic heterocycles. The monoisotopic (exact) mass is 556 g/mol. The first-order valence-electron chi connectivity index (χ1n) is 15.4. The highest BCUT2D eigenvalue weighted by atomic mass is 19.1. The summed E-state index contributed by atoms with van der Waals surface area (Å²) in [4.78, 5) is 33.8. The van der Waals surface area contributed by atoms with E-state index in [1.807, 2.05) is 18.2 Å². The molecule has 0 aromatic heterocycles. The van der Waals surface area contributed by atoms with Crippen LogP contribution in [-0.4, -0.2) is 70.8 Å². The van der Waals surface area contributed by atoms with Gasteiger partial charge < -0.3 is 15.1 Å². The van der Waals surface area contributed by atoms with E-state index in [0.29, 0.717) is 18.6 Å². The maximum Gasteiger partial charge on any atom is 0.254 e. The zero-order chi connectivity index (χ0) is 28.3. The topological polar surface area (TPSA) is 55.9 Å². The summed E-state index contributed by atoms with van der Waals surface area (Å²) in [6, 6.07) is 13.9. The third-order valence-corrected chi connectivity index (χ3v) is 10.2. The summed E-state index contributed by atoms with van der Waals surface area (Å²) in [7, 11) is 0. The number of nitrogens with one attached hydrogen (secondary N) is 1. The average Bonchev–Trinajstić information content (AvgIpc) is 3.66. The van der Waals surface area contributed by atoms with Gasteiger partial charge in [-0.25, -0.2) is 4.39 Å². The lowest BCUT2D eigenvalue weighted by atomic mass is 9.72. The van der Waals surface area contributed by atoms with Gasteiger partial charge in [-0.05, 0) is 90.9 Å². The molecule has 2 amide bonds. The molecule has 1 N–H and O–H groups in total. The summed E-state index contributed by atoms with van der Waals surface area (Å²) in [5.41, 5.74) is 6.38. The van der Waals surface area contributed by atoms with E-state index >= 15 is 0 Å². The van der Waals surface area contributed by atoms with Gasteiger partial charge in [0.2, 0.25) is 5.91 Å². The summed E-state index contributed by atoms with van der Waals surface area (Å²) in [5.74, 6) is 0.110. The maximum atomic E-state index is 14.0. The number of hydrogen-bond donors (Lipinski definition) is 1.